The van der Waals surface area contributed by atoms with Gasteiger partial charge >= 0.3 is 0 Å². The Morgan fingerprint density at radius 3 is 2.27 bits per heavy atom. The summed E-state index contributed by atoms with van der Waals surface area (Å²) in [5, 5.41) is 10.5. The summed E-state index contributed by atoms with van der Waals surface area (Å²) >= 11 is 0. The quantitative estimate of drug-likeness (QED) is 0.602. The Hall–Kier alpha value is -3.57. The van der Waals surface area contributed by atoms with Gasteiger partial charge in [-0.3, -0.25) is 4.79 Å². The summed E-state index contributed by atoms with van der Waals surface area (Å²) < 4.78 is 11.1. The molecule has 0 saturated carbocycles. The molecule has 3 aromatic rings. The van der Waals surface area contributed by atoms with E-state index in [9.17, 15) is 9.90 Å². The number of ether oxygens (including phenoxy) is 2. The van der Waals surface area contributed by atoms with Crippen LogP contribution in [0.15, 0.2) is 84.9 Å². The number of hydrogen-bond donors (Lipinski definition) is 1. The zero-order chi connectivity index (χ0) is 22.9. The minimum atomic E-state index is -0.456. The van der Waals surface area contributed by atoms with Crippen molar-refractivity contribution in [2.24, 2.45) is 5.92 Å². The maximum atomic E-state index is 14.1. The monoisotopic (exact) mass is 441 g/mol. The molecule has 2 aliphatic rings. The normalized spacial score (nSPS) is 22.3. The first kappa shape index (κ1) is 21.3. The van der Waals surface area contributed by atoms with Gasteiger partial charge in [0, 0.05) is 11.5 Å². The number of aliphatic hydroxyl groups is 1. The number of carbonyl (C=O) groups excluding carboxylic acids is 1. The number of aliphatic hydroxyl groups excluding tert-OH is 1. The molecule has 168 valence electrons. The number of benzene rings is 3. The van der Waals surface area contributed by atoms with Crippen molar-refractivity contribution in [3.05, 3.63) is 107 Å². The fourth-order valence-electron chi connectivity index (χ4n) is 5.35. The second-order valence-corrected chi connectivity index (χ2v) is 8.45. The molecule has 4 atom stereocenters. The number of hydrogen-bond acceptors (Lipinski definition) is 4. The molecule has 1 N–H and O–H groups in total. The lowest BCUT2D eigenvalue weighted by molar-refractivity contribution is -0.133. The lowest BCUT2D eigenvalue weighted by Crippen LogP contribution is -2.35. The SMILES string of the molecule is COC1=C[C@H]2[C@H](C(=O)N([C@H](CO)c3ccccc3)[C@@H]2c2ccc(OC)cc2)c2ccccc21. The van der Waals surface area contributed by atoms with Crippen molar-refractivity contribution in [3.63, 3.8) is 0 Å². The predicted octanol–water partition coefficient (Wildman–Crippen LogP) is 4.71. The minimum Gasteiger partial charge on any atom is -0.497 e. The molecule has 5 heteroatoms. The molecule has 1 amide bonds. The zero-order valence-electron chi connectivity index (χ0n) is 18.7. The first-order chi connectivity index (χ1) is 16.2. The van der Waals surface area contributed by atoms with Crippen LogP contribution in [0.3, 0.4) is 0 Å². The van der Waals surface area contributed by atoms with Gasteiger partial charge in [-0.05, 0) is 34.9 Å². The fourth-order valence-corrected chi connectivity index (χ4v) is 5.35. The van der Waals surface area contributed by atoms with Gasteiger partial charge in [0.1, 0.15) is 11.5 Å². The van der Waals surface area contributed by atoms with Crippen LogP contribution in [0.1, 0.15) is 40.3 Å². The predicted molar refractivity (Wildman–Crippen MR) is 127 cm³/mol. The van der Waals surface area contributed by atoms with Crippen LogP contribution in [-0.2, 0) is 9.53 Å². The maximum Gasteiger partial charge on any atom is 0.231 e. The van der Waals surface area contributed by atoms with Crippen molar-refractivity contribution in [2.45, 2.75) is 18.0 Å². The molecule has 0 radical (unpaired) electrons. The fraction of sp³-hybridized carbons (Fsp3) is 0.250. The molecule has 1 aliphatic carbocycles. The number of methoxy groups -OCH3 is 2. The lowest BCUT2D eigenvalue weighted by Gasteiger charge is -2.34. The van der Waals surface area contributed by atoms with Gasteiger partial charge in [-0.2, -0.15) is 0 Å². The van der Waals surface area contributed by atoms with Gasteiger partial charge in [-0.1, -0.05) is 66.7 Å². The molecular formula is C28H27NO4. The van der Waals surface area contributed by atoms with Gasteiger partial charge in [-0.15, -0.1) is 0 Å². The van der Waals surface area contributed by atoms with Crippen molar-refractivity contribution in [3.8, 4) is 5.75 Å². The first-order valence-electron chi connectivity index (χ1n) is 11.1. The van der Waals surface area contributed by atoms with E-state index in [0.29, 0.717) is 0 Å². The Morgan fingerprint density at radius 2 is 1.61 bits per heavy atom. The number of nitrogens with zero attached hydrogens (tertiary/aromatic N) is 1. The third-order valence-electron chi connectivity index (χ3n) is 6.85. The summed E-state index contributed by atoms with van der Waals surface area (Å²) in [5.41, 5.74) is 3.83. The van der Waals surface area contributed by atoms with Crippen LogP contribution < -0.4 is 4.74 Å². The van der Waals surface area contributed by atoms with Gasteiger partial charge in [0.25, 0.3) is 0 Å². The minimum absolute atomic E-state index is 0.0163. The Balaban J connectivity index is 1.69. The second-order valence-electron chi connectivity index (χ2n) is 8.45. The molecule has 5 nitrogen and oxygen atoms in total. The van der Waals surface area contributed by atoms with Gasteiger partial charge in [0.15, 0.2) is 0 Å². The molecular weight excluding hydrogens is 414 g/mol. The van der Waals surface area contributed by atoms with Crippen LogP contribution in [0.5, 0.6) is 5.75 Å². The topological polar surface area (TPSA) is 59.0 Å². The summed E-state index contributed by atoms with van der Waals surface area (Å²) in [6.45, 7) is -0.162. The number of likely N-dealkylation sites (tertiary alicyclic amines) is 1. The smallest absolute Gasteiger partial charge is 0.231 e. The average Bonchev–Trinajstić information content (AvgIpc) is 3.16. The molecule has 33 heavy (non-hydrogen) atoms. The van der Waals surface area contributed by atoms with Crippen LogP contribution >= 0.6 is 0 Å². The van der Waals surface area contributed by atoms with Gasteiger partial charge in [0.2, 0.25) is 5.91 Å². The Bertz CT molecular complexity index is 1170. The van der Waals surface area contributed by atoms with E-state index in [1.807, 2.05) is 83.8 Å². The molecule has 1 fully saturated rings. The summed E-state index contributed by atoms with van der Waals surface area (Å²) in [5.74, 6) is 1.08. The van der Waals surface area contributed by atoms with Gasteiger partial charge < -0.3 is 19.5 Å². The summed E-state index contributed by atoms with van der Waals surface area (Å²) in [4.78, 5) is 16.0. The Kier molecular flexibility index (Phi) is 5.65. The molecule has 1 heterocycles. The second kappa shape index (κ2) is 8.75. The van der Waals surface area contributed by atoms with Crippen LogP contribution in [0.2, 0.25) is 0 Å². The first-order valence-corrected chi connectivity index (χ1v) is 11.1. The van der Waals surface area contributed by atoms with E-state index in [2.05, 4.69) is 6.08 Å². The maximum absolute atomic E-state index is 14.1. The van der Waals surface area contributed by atoms with Crippen LogP contribution in [0.25, 0.3) is 5.76 Å². The van der Waals surface area contributed by atoms with Crippen LogP contribution in [-0.4, -0.2) is 36.7 Å². The van der Waals surface area contributed by atoms with Gasteiger partial charge in [0.05, 0.1) is 38.8 Å². The van der Waals surface area contributed by atoms with Crippen molar-refractivity contribution < 1.29 is 19.4 Å². The Labute approximate surface area is 193 Å². The van der Waals surface area contributed by atoms with E-state index in [4.69, 9.17) is 9.47 Å². The number of rotatable bonds is 6. The van der Waals surface area contributed by atoms with Crippen molar-refractivity contribution in [1.82, 2.24) is 4.90 Å². The number of carbonyl (C=O) groups is 1. The molecule has 1 aliphatic heterocycles. The van der Waals surface area contributed by atoms with Crippen molar-refractivity contribution in [2.75, 3.05) is 20.8 Å². The average molecular weight is 442 g/mol. The summed E-state index contributed by atoms with van der Waals surface area (Å²) in [6.07, 6.45) is 2.08. The number of fused-ring (bicyclic) bond motifs is 3. The molecule has 0 aromatic heterocycles. The van der Waals surface area contributed by atoms with Crippen LogP contribution in [0.4, 0.5) is 0 Å². The van der Waals surface area contributed by atoms with Crippen LogP contribution in [0, 0.1) is 5.92 Å². The highest BCUT2D eigenvalue weighted by Gasteiger charge is 2.53. The molecule has 1 saturated heterocycles. The van der Waals surface area contributed by atoms with Gasteiger partial charge in [-0.25, -0.2) is 0 Å². The van der Waals surface area contributed by atoms with E-state index in [1.54, 1.807) is 14.2 Å². The molecule has 3 aromatic carbocycles. The van der Waals surface area contributed by atoms with E-state index in [0.717, 1.165) is 33.8 Å². The molecule has 0 spiro atoms. The summed E-state index contributed by atoms with van der Waals surface area (Å²) in [6, 6.07) is 24.8. The van der Waals surface area contributed by atoms with E-state index < -0.39 is 6.04 Å². The zero-order valence-corrected chi connectivity index (χ0v) is 18.7. The third-order valence-corrected chi connectivity index (χ3v) is 6.85. The highest BCUT2D eigenvalue weighted by atomic mass is 16.5. The van der Waals surface area contributed by atoms with Crippen molar-refractivity contribution in [1.29, 1.82) is 0 Å². The van der Waals surface area contributed by atoms with Crippen molar-refractivity contribution >= 4 is 11.7 Å². The van der Waals surface area contributed by atoms with E-state index in [-0.39, 0.29) is 30.4 Å². The third kappa shape index (κ3) is 3.49. The molecule has 0 unspecified atom stereocenters. The largest absolute Gasteiger partial charge is 0.497 e. The lowest BCUT2D eigenvalue weighted by atomic mass is 9.76. The summed E-state index contributed by atoms with van der Waals surface area (Å²) in [7, 11) is 3.31. The number of amides is 1. The standard InChI is InChI=1S/C28H27NO4/c1-32-20-14-12-19(13-15-20)27-23-16-25(33-2)21-10-6-7-11-22(21)26(23)28(31)29(27)24(17-30)18-8-4-3-5-9-18/h3-16,23-24,26-27,30H,17H2,1-2H3/t23-,24+,26+,27+/m0/s1. The highest BCUT2D eigenvalue weighted by molar-refractivity contribution is 5.91. The van der Waals surface area contributed by atoms with E-state index in [1.165, 1.54) is 0 Å². The Morgan fingerprint density at radius 1 is 0.909 bits per heavy atom. The molecule has 0 bridgehead atoms. The highest BCUT2D eigenvalue weighted by Crippen LogP contribution is 2.54. The van der Waals surface area contributed by atoms with E-state index >= 15 is 0 Å². The molecule has 5 rings (SSSR count).